The zero-order valence-corrected chi connectivity index (χ0v) is 9.72. The molecule has 0 aliphatic carbocycles. The molecule has 0 heteroatoms. The van der Waals surface area contributed by atoms with Crippen molar-refractivity contribution in [2.45, 2.75) is 54.4 Å². The molecule has 0 N–H and O–H groups in total. The van der Waals surface area contributed by atoms with Crippen molar-refractivity contribution in [3.8, 4) is 0 Å². The summed E-state index contributed by atoms with van der Waals surface area (Å²) >= 11 is 0. The van der Waals surface area contributed by atoms with Gasteiger partial charge in [0, 0.05) is 0 Å². The molecule has 0 rings (SSSR count). The van der Waals surface area contributed by atoms with Crippen molar-refractivity contribution in [3.05, 3.63) is 0 Å². The first-order chi connectivity index (χ1) is 5.50. The van der Waals surface area contributed by atoms with Crippen LogP contribution in [-0.4, -0.2) is 0 Å². The van der Waals surface area contributed by atoms with Gasteiger partial charge in [-0.2, -0.15) is 0 Å². The van der Waals surface area contributed by atoms with Crippen LogP contribution in [0.5, 0.6) is 0 Å². The standard InChI is InChI=1S/C12H26/c1-7-8-10(4)12(6)11(5)9(2)3/h9-12H,7-8H2,1-6H3. The minimum Gasteiger partial charge on any atom is -0.0654 e. The molecular formula is C12H26. The molecule has 0 aromatic rings. The molecule has 0 nitrogen and oxygen atoms in total. The Hall–Kier alpha value is 0. The Morgan fingerprint density at radius 2 is 1.33 bits per heavy atom. The molecule has 0 aliphatic rings. The van der Waals surface area contributed by atoms with Crippen LogP contribution in [0.4, 0.5) is 0 Å². The van der Waals surface area contributed by atoms with Crippen LogP contribution in [0.3, 0.4) is 0 Å². The first-order valence-corrected chi connectivity index (χ1v) is 5.50. The third-order valence-electron chi connectivity index (χ3n) is 3.52. The summed E-state index contributed by atoms with van der Waals surface area (Å²) in [6.45, 7) is 14.1. The highest BCUT2D eigenvalue weighted by atomic mass is 14.3. The second-order valence-corrected chi connectivity index (χ2v) is 4.73. The van der Waals surface area contributed by atoms with E-state index in [0.29, 0.717) is 0 Å². The van der Waals surface area contributed by atoms with Crippen LogP contribution in [0.1, 0.15) is 54.4 Å². The lowest BCUT2D eigenvalue weighted by molar-refractivity contribution is 0.214. The summed E-state index contributed by atoms with van der Waals surface area (Å²) in [5.74, 6) is 3.48. The zero-order valence-electron chi connectivity index (χ0n) is 9.72. The molecule has 0 spiro atoms. The fraction of sp³-hybridized carbons (Fsp3) is 1.00. The van der Waals surface area contributed by atoms with Gasteiger partial charge >= 0.3 is 0 Å². The van der Waals surface area contributed by atoms with Crippen molar-refractivity contribution < 1.29 is 0 Å². The number of rotatable bonds is 5. The van der Waals surface area contributed by atoms with Crippen LogP contribution in [0.25, 0.3) is 0 Å². The van der Waals surface area contributed by atoms with Crippen molar-refractivity contribution in [3.63, 3.8) is 0 Å². The van der Waals surface area contributed by atoms with Crippen LogP contribution in [0.15, 0.2) is 0 Å². The summed E-state index contributed by atoms with van der Waals surface area (Å²) in [6.07, 6.45) is 2.72. The average molecular weight is 170 g/mol. The predicted molar refractivity (Wildman–Crippen MR) is 57.2 cm³/mol. The van der Waals surface area contributed by atoms with E-state index in [9.17, 15) is 0 Å². The van der Waals surface area contributed by atoms with Gasteiger partial charge in [-0.3, -0.25) is 0 Å². The summed E-state index contributed by atoms with van der Waals surface area (Å²) < 4.78 is 0. The molecule has 0 saturated carbocycles. The van der Waals surface area contributed by atoms with Crippen LogP contribution in [-0.2, 0) is 0 Å². The third-order valence-corrected chi connectivity index (χ3v) is 3.52. The Morgan fingerprint density at radius 1 is 0.833 bits per heavy atom. The SMILES string of the molecule is CCCC(C)C(C)C(C)C(C)C. The van der Waals surface area contributed by atoms with Crippen LogP contribution in [0.2, 0.25) is 0 Å². The van der Waals surface area contributed by atoms with E-state index in [0.717, 1.165) is 23.7 Å². The maximum Gasteiger partial charge on any atom is -0.0389 e. The molecule has 0 aromatic carbocycles. The summed E-state index contributed by atoms with van der Waals surface area (Å²) in [5.41, 5.74) is 0. The maximum atomic E-state index is 2.41. The van der Waals surface area contributed by atoms with Gasteiger partial charge in [0.15, 0.2) is 0 Å². The highest BCUT2D eigenvalue weighted by Crippen LogP contribution is 2.28. The molecule has 0 aliphatic heterocycles. The first kappa shape index (κ1) is 12.0. The molecule has 0 amide bonds. The second kappa shape index (κ2) is 5.61. The summed E-state index contributed by atoms with van der Waals surface area (Å²) in [4.78, 5) is 0. The van der Waals surface area contributed by atoms with Gasteiger partial charge in [0.25, 0.3) is 0 Å². The molecule has 0 aromatic heterocycles. The van der Waals surface area contributed by atoms with E-state index in [2.05, 4.69) is 41.5 Å². The highest BCUT2D eigenvalue weighted by molar-refractivity contribution is 4.70. The molecule has 0 bridgehead atoms. The Bertz CT molecular complexity index is 105. The first-order valence-electron chi connectivity index (χ1n) is 5.50. The molecular weight excluding hydrogens is 144 g/mol. The van der Waals surface area contributed by atoms with Gasteiger partial charge in [0.1, 0.15) is 0 Å². The van der Waals surface area contributed by atoms with Gasteiger partial charge in [-0.1, -0.05) is 54.4 Å². The Labute approximate surface area is 78.8 Å². The molecule has 3 atom stereocenters. The average Bonchev–Trinajstić information content (AvgIpc) is 2.02. The van der Waals surface area contributed by atoms with E-state index in [4.69, 9.17) is 0 Å². The van der Waals surface area contributed by atoms with Gasteiger partial charge in [-0.15, -0.1) is 0 Å². The second-order valence-electron chi connectivity index (χ2n) is 4.73. The minimum absolute atomic E-state index is 0.833. The van der Waals surface area contributed by atoms with E-state index in [-0.39, 0.29) is 0 Å². The third kappa shape index (κ3) is 3.60. The fourth-order valence-corrected chi connectivity index (χ4v) is 1.84. The maximum absolute atomic E-state index is 2.41. The quantitative estimate of drug-likeness (QED) is 0.575. The Morgan fingerprint density at radius 3 is 1.67 bits per heavy atom. The molecule has 3 unspecified atom stereocenters. The van der Waals surface area contributed by atoms with Crippen molar-refractivity contribution in [2.24, 2.45) is 23.7 Å². The monoisotopic (exact) mass is 170 g/mol. The van der Waals surface area contributed by atoms with E-state index in [1.807, 2.05) is 0 Å². The van der Waals surface area contributed by atoms with Crippen LogP contribution in [0, 0.1) is 23.7 Å². The van der Waals surface area contributed by atoms with Gasteiger partial charge < -0.3 is 0 Å². The molecule has 0 fully saturated rings. The molecule has 12 heavy (non-hydrogen) atoms. The van der Waals surface area contributed by atoms with Gasteiger partial charge in [0.2, 0.25) is 0 Å². The highest BCUT2D eigenvalue weighted by Gasteiger charge is 2.20. The molecule has 74 valence electrons. The Kier molecular flexibility index (Phi) is 5.61. The lowest BCUT2D eigenvalue weighted by atomic mass is 9.77. The largest absolute Gasteiger partial charge is 0.0654 e. The van der Waals surface area contributed by atoms with Gasteiger partial charge in [-0.05, 0) is 23.7 Å². The smallest absolute Gasteiger partial charge is 0.0389 e. The predicted octanol–water partition coefficient (Wildman–Crippen LogP) is 4.35. The normalized spacial score (nSPS) is 19.2. The van der Waals surface area contributed by atoms with Crippen molar-refractivity contribution in [1.82, 2.24) is 0 Å². The zero-order chi connectivity index (χ0) is 9.72. The Balaban J connectivity index is 3.90. The van der Waals surface area contributed by atoms with Crippen molar-refractivity contribution >= 4 is 0 Å². The summed E-state index contributed by atoms with van der Waals surface area (Å²) in [5, 5.41) is 0. The topological polar surface area (TPSA) is 0 Å². The van der Waals surface area contributed by atoms with Crippen LogP contribution < -0.4 is 0 Å². The van der Waals surface area contributed by atoms with E-state index >= 15 is 0 Å². The van der Waals surface area contributed by atoms with Gasteiger partial charge in [-0.25, -0.2) is 0 Å². The summed E-state index contributed by atoms with van der Waals surface area (Å²) in [7, 11) is 0. The van der Waals surface area contributed by atoms with E-state index < -0.39 is 0 Å². The molecule has 0 radical (unpaired) electrons. The molecule has 0 heterocycles. The summed E-state index contributed by atoms with van der Waals surface area (Å²) in [6, 6.07) is 0. The number of hydrogen-bond acceptors (Lipinski definition) is 0. The van der Waals surface area contributed by atoms with E-state index in [1.54, 1.807) is 0 Å². The molecule has 0 saturated heterocycles. The minimum atomic E-state index is 0.833. The van der Waals surface area contributed by atoms with Crippen molar-refractivity contribution in [2.75, 3.05) is 0 Å². The van der Waals surface area contributed by atoms with Gasteiger partial charge in [0.05, 0.1) is 0 Å². The van der Waals surface area contributed by atoms with Crippen molar-refractivity contribution in [1.29, 1.82) is 0 Å². The van der Waals surface area contributed by atoms with E-state index in [1.165, 1.54) is 12.8 Å². The fourth-order valence-electron chi connectivity index (χ4n) is 1.84. The number of hydrogen-bond donors (Lipinski definition) is 0. The van der Waals surface area contributed by atoms with Crippen LogP contribution >= 0.6 is 0 Å². The lowest BCUT2D eigenvalue weighted by Crippen LogP contribution is -2.20. The lowest BCUT2D eigenvalue weighted by Gasteiger charge is -2.28.